The second-order valence-corrected chi connectivity index (χ2v) is 3.81. The molecular formula is C13H14N4O. The first-order valence-electron chi connectivity index (χ1n) is 5.42. The highest BCUT2D eigenvalue weighted by Gasteiger charge is 1.97. The highest BCUT2D eigenvalue weighted by Crippen LogP contribution is 2.19. The molecule has 5 heteroatoms. The summed E-state index contributed by atoms with van der Waals surface area (Å²) in [5.74, 6) is 0. The van der Waals surface area contributed by atoms with Gasteiger partial charge in [0.15, 0.2) is 0 Å². The van der Waals surface area contributed by atoms with Crippen molar-refractivity contribution in [1.82, 2.24) is 0 Å². The van der Waals surface area contributed by atoms with Crippen LogP contribution in [0.15, 0.2) is 48.5 Å². The number of primary amides is 1. The van der Waals surface area contributed by atoms with E-state index in [0.717, 1.165) is 17.1 Å². The van der Waals surface area contributed by atoms with Gasteiger partial charge in [0.2, 0.25) is 0 Å². The van der Waals surface area contributed by atoms with Crippen molar-refractivity contribution < 1.29 is 4.79 Å². The lowest BCUT2D eigenvalue weighted by Gasteiger charge is -2.08. The maximum absolute atomic E-state index is 10.7. The summed E-state index contributed by atoms with van der Waals surface area (Å²) >= 11 is 0. The summed E-state index contributed by atoms with van der Waals surface area (Å²) < 4.78 is 0. The minimum atomic E-state index is -0.575. The quantitative estimate of drug-likeness (QED) is 0.623. The van der Waals surface area contributed by atoms with Crippen molar-refractivity contribution in [2.45, 2.75) is 0 Å². The molecular weight excluding hydrogens is 228 g/mol. The smallest absolute Gasteiger partial charge is 0.316 e. The Bertz CT molecular complexity index is 534. The molecule has 0 saturated carbocycles. The SMILES string of the molecule is NC(=O)Nc1ccc(Nc2ccc(N)cc2)cc1. The molecule has 0 aliphatic carbocycles. The van der Waals surface area contributed by atoms with E-state index in [4.69, 9.17) is 11.5 Å². The van der Waals surface area contributed by atoms with Crippen molar-refractivity contribution in [2.24, 2.45) is 5.73 Å². The molecule has 6 N–H and O–H groups in total. The second kappa shape index (κ2) is 5.09. The number of hydrogen-bond acceptors (Lipinski definition) is 3. The van der Waals surface area contributed by atoms with Gasteiger partial charge in [0.25, 0.3) is 0 Å². The summed E-state index contributed by atoms with van der Waals surface area (Å²) in [6.45, 7) is 0. The van der Waals surface area contributed by atoms with E-state index < -0.39 is 6.03 Å². The van der Waals surface area contributed by atoms with Crippen LogP contribution in [0, 0.1) is 0 Å². The van der Waals surface area contributed by atoms with Crippen LogP contribution >= 0.6 is 0 Å². The van der Waals surface area contributed by atoms with Gasteiger partial charge in [0, 0.05) is 22.7 Å². The van der Waals surface area contributed by atoms with E-state index in [1.54, 1.807) is 12.1 Å². The van der Waals surface area contributed by atoms with Crippen molar-refractivity contribution in [2.75, 3.05) is 16.4 Å². The van der Waals surface area contributed by atoms with Crippen molar-refractivity contribution >= 4 is 28.8 Å². The molecule has 2 aromatic carbocycles. The minimum absolute atomic E-state index is 0.575. The average molecular weight is 242 g/mol. The van der Waals surface area contributed by atoms with Crippen LogP contribution in [0.4, 0.5) is 27.5 Å². The number of hydrogen-bond donors (Lipinski definition) is 4. The minimum Gasteiger partial charge on any atom is -0.399 e. The van der Waals surface area contributed by atoms with E-state index in [0.29, 0.717) is 5.69 Å². The van der Waals surface area contributed by atoms with Gasteiger partial charge >= 0.3 is 6.03 Å². The first-order chi connectivity index (χ1) is 8.63. The molecule has 92 valence electrons. The molecule has 0 bridgehead atoms. The van der Waals surface area contributed by atoms with Gasteiger partial charge in [-0.3, -0.25) is 0 Å². The number of benzene rings is 2. The Morgan fingerprint density at radius 2 is 1.28 bits per heavy atom. The lowest BCUT2D eigenvalue weighted by atomic mass is 10.2. The number of carbonyl (C=O) groups excluding carboxylic acids is 1. The van der Waals surface area contributed by atoms with Gasteiger partial charge < -0.3 is 22.1 Å². The third-order valence-corrected chi connectivity index (χ3v) is 2.35. The number of rotatable bonds is 3. The fraction of sp³-hybridized carbons (Fsp3) is 0. The summed E-state index contributed by atoms with van der Waals surface area (Å²) in [6.07, 6.45) is 0. The van der Waals surface area contributed by atoms with Crippen LogP contribution in [-0.4, -0.2) is 6.03 Å². The van der Waals surface area contributed by atoms with Gasteiger partial charge in [-0.2, -0.15) is 0 Å². The maximum atomic E-state index is 10.7. The topological polar surface area (TPSA) is 93.2 Å². The molecule has 2 rings (SSSR count). The monoisotopic (exact) mass is 242 g/mol. The molecule has 0 saturated heterocycles. The predicted octanol–water partition coefficient (Wildman–Crippen LogP) is 2.50. The third kappa shape index (κ3) is 3.15. The van der Waals surface area contributed by atoms with Crippen molar-refractivity contribution in [3.63, 3.8) is 0 Å². The number of nitrogens with one attached hydrogen (secondary N) is 2. The lowest BCUT2D eigenvalue weighted by molar-refractivity contribution is 0.259. The Hall–Kier alpha value is -2.69. The zero-order valence-corrected chi connectivity index (χ0v) is 9.68. The largest absolute Gasteiger partial charge is 0.399 e. The van der Waals surface area contributed by atoms with Crippen molar-refractivity contribution in [3.05, 3.63) is 48.5 Å². The molecule has 0 unspecified atom stereocenters. The summed E-state index contributed by atoms with van der Waals surface area (Å²) in [5.41, 5.74) is 13.9. The first-order valence-corrected chi connectivity index (χ1v) is 5.42. The Kier molecular flexibility index (Phi) is 3.33. The molecule has 18 heavy (non-hydrogen) atoms. The van der Waals surface area contributed by atoms with Gasteiger partial charge in [-0.1, -0.05) is 0 Å². The van der Waals surface area contributed by atoms with Crippen LogP contribution in [0.2, 0.25) is 0 Å². The fourth-order valence-electron chi connectivity index (χ4n) is 1.51. The number of amides is 2. The van der Waals surface area contributed by atoms with E-state index in [2.05, 4.69) is 10.6 Å². The molecule has 0 spiro atoms. The fourth-order valence-corrected chi connectivity index (χ4v) is 1.51. The van der Waals surface area contributed by atoms with Crippen LogP contribution in [0.5, 0.6) is 0 Å². The normalized spacial score (nSPS) is 9.78. The summed E-state index contributed by atoms with van der Waals surface area (Å²) in [6, 6.07) is 14.1. The van der Waals surface area contributed by atoms with E-state index in [1.807, 2.05) is 36.4 Å². The van der Waals surface area contributed by atoms with Gasteiger partial charge in [0.1, 0.15) is 0 Å². The average Bonchev–Trinajstić information content (AvgIpc) is 2.34. The molecule has 0 atom stereocenters. The zero-order chi connectivity index (χ0) is 13.0. The molecule has 0 aliphatic heterocycles. The Labute approximate surface area is 105 Å². The molecule has 0 aromatic heterocycles. The number of carbonyl (C=O) groups is 1. The summed E-state index contributed by atoms with van der Waals surface area (Å²) in [5, 5.41) is 5.71. The Morgan fingerprint density at radius 3 is 1.78 bits per heavy atom. The number of urea groups is 1. The molecule has 2 aromatic rings. The maximum Gasteiger partial charge on any atom is 0.316 e. The highest BCUT2D eigenvalue weighted by atomic mass is 16.2. The third-order valence-electron chi connectivity index (χ3n) is 2.35. The van der Waals surface area contributed by atoms with Crippen molar-refractivity contribution in [1.29, 1.82) is 0 Å². The number of nitrogen functional groups attached to an aromatic ring is 1. The van der Waals surface area contributed by atoms with Crippen LogP contribution in [0.25, 0.3) is 0 Å². The molecule has 0 heterocycles. The number of nitrogens with two attached hydrogens (primary N) is 2. The molecule has 0 radical (unpaired) electrons. The van der Waals surface area contributed by atoms with Crippen LogP contribution in [-0.2, 0) is 0 Å². The van der Waals surface area contributed by atoms with E-state index in [1.165, 1.54) is 0 Å². The summed E-state index contributed by atoms with van der Waals surface area (Å²) in [7, 11) is 0. The van der Waals surface area contributed by atoms with Gasteiger partial charge in [-0.15, -0.1) is 0 Å². The van der Waals surface area contributed by atoms with Crippen LogP contribution in [0.1, 0.15) is 0 Å². The molecule has 2 amide bonds. The Balaban J connectivity index is 2.06. The molecule has 0 fully saturated rings. The molecule has 5 nitrogen and oxygen atoms in total. The summed E-state index contributed by atoms with van der Waals surface area (Å²) in [4.78, 5) is 10.7. The lowest BCUT2D eigenvalue weighted by Crippen LogP contribution is -2.19. The first kappa shape index (κ1) is 11.8. The van der Waals surface area contributed by atoms with Crippen LogP contribution < -0.4 is 22.1 Å². The van der Waals surface area contributed by atoms with E-state index >= 15 is 0 Å². The number of anilines is 4. The molecule has 0 aliphatic rings. The second-order valence-electron chi connectivity index (χ2n) is 3.81. The van der Waals surface area contributed by atoms with E-state index in [9.17, 15) is 4.79 Å². The van der Waals surface area contributed by atoms with Gasteiger partial charge in [-0.25, -0.2) is 4.79 Å². The van der Waals surface area contributed by atoms with E-state index in [-0.39, 0.29) is 0 Å². The highest BCUT2D eigenvalue weighted by molar-refractivity contribution is 5.88. The standard InChI is InChI=1S/C13H14N4O/c14-9-1-3-10(4-2-9)16-11-5-7-12(8-6-11)17-13(15)18/h1-8,16H,14H2,(H3,15,17,18). The Morgan fingerprint density at radius 1 is 0.833 bits per heavy atom. The van der Waals surface area contributed by atoms with Crippen molar-refractivity contribution in [3.8, 4) is 0 Å². The predicted molar refractivity (Wildman–Crippen MR) is 73.8 cm³/mol. The van der Waals surface area contributed by atoms with Crippen LogP contribution in [0.3, 0.4) is 0 Å². The van der Waals surface area contributed by atoms with Gasteiger partial charge in [0.05, 0.1) is 0 Å². The zero-order valence-electron chi connectivity index (χ0n) is 9.68. The van der Waals surface area contributed by atoms with Gasteiger partial charge in [-0.05, 0) is 48.5 Å².